The summed E-state index contributed by atoms with van der Waals surface area (Å²) in [4.78, 5) is 15.8. The maximum atomic E-state index is 12.6. The van der Waals surface area contributed by atoms with Crippen LogP contribution in [-0.2, 0) is 11.3 Å². The molecule has 0 aromatic carbocycles. The lowest BCUT2D eigenvalue weighted by Gasteiger charge is -2.28. The summed E-state index contributed by atoms with van der Waals surface area (Å²) in [5, 5.41) is 6.01. The van der Waals surface area contributed by atoms with Crippen molar-refractivity contribution in [2.24, 2.45) is 11.8 Å². The van der Waals surface area contributed by atoms with Gasteiger partial charge in [-0.25, -0.2) is 4.98 Å². The fraction of sp³-hybridized carbons (Fsp3) is 0.714. The molecule has 0 spiro atoms. The van der Waals surface area contributed by atoms with Crippen LogP contribution in [0, 0.1) is 11.8 Å². The Hall–Kier alpha value is -1.50. The van der Waals surface area contributed by atoms with Crippen LogP contribution in [0.25, 0.3) is 0 Å². The van der Waals surface area contributed by atoms with E-state index >= 15 is 0 Å². The van der Waals surface area contributed by atoms with Gasteiger partial charge in [0.1, 0.15) is 5.82 Å². The van der Waals surface area contributed by atoms with Crippen molar-refractivity contribution in [1.82, 2.24) is 20.2 Å². The molecule has 7 heteroatoms. The Morgan fingerprint density at radius 3 is 3.10 bits per heavy atom. The minimum atomic E-state index is -2.63. The van der Waals surface area contributed by atoms with E-state index in [-0.39, 0.29) is 24.2 Å². The molecule has 2 N–H and O–H groups in total. The van der Waals surface area contributed by atoms with Crippen molar-refractivity contribution in [3.8, 4) is 0 Å². The Morgan fingerprint density at radius 2 is 2.43 bits per heavy atom. The van der Waals surface area contributed by atoms with Crippen LogP contribution in [0.2, 0.25) is 0 Å². The second kappa shape index (κ2) is 7.49. The highest BCUT2D eigenvalue weighted by Crippen LogP contribution is 2.22. The van der Waals surface area contributed by atoms with Crippen molar-refractivity contribution in [3.63, 3.8) is 0 Å². The smallest absolute Gasteiger partial charge is 0.319 e. The predicted molar refractivity (Wildman–Crippen MR) is 74.7 cm³/mol. The van der Waals surface area contributed by atoms with Gasteiger partial charge in [-0.15, -0.1) is 0 Å². The summed E-state index contributed by atoms with van der Waals surface area (Å²) in [5.41, 5.74) is 0. The Bertz CT molecular complexity index is 458. The summed E-state index contributed by atoms with van der Waals surface area (Å²) in [7, 11) is 0. The molecule has 1 aromatic heterocycles. The summed E-state index contributed by atoms with van der Waals surface area (Å²) in [5.74, 6) is 0.849. The van der Waals surface area contributed by atoms with E-state index in [1.54, 1.807) is 0 Å². The molecule has 21 heavy (non-hydrogen) atoms. The second-order valence-electron chi connectivity index (χ2n) is 5.59. The van der Waals surface area contributed by atoms with Crippen LogP contribution in [0.15, 0.2) is 12.4 Å². The lowest BCUT2D eigenvalue weighted by Crippen LogP contribution is -2.35. The molecule has 5 nitrogen and oxygen atoms in total. The molecule has 0 aliphatic carbocycles. The Morgan fingerprint density at radius 1 is 1.62 bits per heavy atom. The number of amides is 1. The maximum Gasteiger partial charge on any atom is 0.319 e. The van der Waals surface area contributed by atoms with Gasteiger partial charge in [0.05, 0.1) is 6.54 Å². The molecule has 2 heterocycles. The number of imidazole rings is 1. The second-order valence-corrected chi connectivity index (χ2v) is 5.59. The number of carbonyl (C=O) groups excluding carboxylic acids is 1. The maximum absolute atomic E-state index is 12.6. The zero-order valence-electron chi connectivity index (χ0n) is 12.2. The van der Waals surface area contributed by atoms with Gasteiger partial charge in [0.25, 0.3) is 0 Å². The monoisotopic (exact) mass is 300 g/mol. The average molecular weight is 300 g/mol. The van der Waals surface area contributed by atoms with Crippen molar-refractivity contribution in [3.05, 3.63) is 18.2 Å². The first-order valence-electron chi connectivity index (χ1n) is 7.35. The first-order valence-corrected chi connectivity index (χ1v) is 7.35. The number of nitrogens with zero attached hydrogens (tertiary/aromatic N) is 2. The molecule has 1 amide bonds. The molecular weight excluding hydrogens is 278 g/mol. The van der Waals surface area contributed by atoms with E-state index < -0.39 is 6.55 Å². The van der Waals surface area contributed by atoms with E-state index in [0.29, 0.717) is 12.3 Å². The average Bonchev–Trinajstić information content (AvgIpc) is 2.94. The predicted octanol–water partition coefficient (Wildman–Crippen LogP) is 1.92. The quantitative estimate of drug-likeness (QED) is 0.844. The Balaban J connectivity index is 1.77. The topological polar surface area (TPSA) is 59.0 Å². The number of piperidine rings is 1. The summed E-state index contributed by atoms with van der Waals surface area (Å²) in [6, 6.07) is 0. The number of carbonyl (C=O) groups is 1. The van der Waals surface area contributed by atoms with Crippen molar-refractivity contribution in [2.75, 3.05) is 13.1 Å². The first kappa shape index (κ1) is 15.9. The van der Waals surface area contributed by atoms with Gasteiger partial charge in [-0.1, -0.05) is 6.92 Å². The third-order valence-corrected chi connectivity index (χ3v) is 4.05. The van der Waals surface area contributed by atoms with Crippen LogP contribution in [-0.4, -0.2) is 28.5 Å². The summed E-state index contributed by atoms with van der Waals surface area (Å²) in [6.45, 7) is 1.46. The molecule has 0 radical (unpaired) electrons. The molecule has 118 valence electrons. The third-order valence-electron chi connectivity index (χ3n) is 4.05. The van der Waals surface area contributed by atoms with Crippen LogP contribution in [0.4, 0.5) is 8.78 Å². The fourth-order valence-electron chi connectivity index (χ4n) is 2.73. The van der Waals surface area contributed by atoms with E-state index in [2.05, 4.69) is 22.5 Å². The molecule has 0 saturated carbocycles. The summed E-state index contributed by atoms with van der Waals surface area (Å²) < 4.78 is 26.0. The zero-order chi connectivity index (χ0) is 15.2. The molecule has 2 unspecified atom stereocenters. The molecular formula is C14H22F2N4O. The highest BCUT2D eigenvalue weighted by atomic mass is 19.3. The van der Waals surface area contributed by atoms with Gasteiger partial charge in [0, 0.05) is 18.8 Å². The standard InChI is InChI=1S/C14H22F2N4O/c1-10(11-3-2-4-17-8-11)7-13(21)19-9-12-18-5-6-20(12)14(15)16/h5-6,10-11,14,17H,2-4,7-9H2,1H3,(H,19,21). The molecule has 1 fully saturated rings. The molecule has 1 aliphatic rings. The van der Waals surface area contributed by atoms with E-state index in [0.717, 1.165) is 30.5 Å². The molecule has 0 bridgehead atoms. The number of halogens is 2. The fourth-order valence-corrected chi connectivity index (χ4v) is 2.73. The number of hydrogen-bond donors (Lipinski definition) is 2. The minimum Gasteiger partial charge on any atom is -0.349 e. The molecule has 1 saturated heterocycles. The van der Waals surface area contributed by atoms with Crippen LogP contribution < -0.4 is 10.6 Å². The lowest BCUT2D eigenvalue weighted by molar-refractivity contribution is -0.122. The van der Waals surface area contributed by atoms with E-state index in [9.17, 15) is 13.6 Å². The molecule has 1 aliphatic heterocycles. The molecule has 1 aromatic rings. The number of nitrogens with one attached hydrogen (secondary N) is 2. The largest absolute Gasteiger partial charge is 0.349 e. The summed E-state index contributed by atoms with van der Waals surface area (Å²) in [6.07, 6.45) is 5.22. The Kier molecular flexibility index (Phi) is 5.67. The van der Waals surface area contributed by atoms with Crippen molar-refractivity contribution in [2.45, 2.75) is 39.3 Å². The Labute approximate surface area is 123 Å². The van der Waals surface area contributed by atoms with Gasteiger partial charge >= 0.3 is 6.55 Å². The van der Waals surface area contributed by atoms with E-state index in [1.807, 2.05) is 0 Å². The van der Waals surface area contributed by atoms with Gasteiger partial charge in [-0.05, 0) is 37.8 Å². The lowest BCUT2D eigenvalue weighted by atomic mass is 9.85. The van der Waals surface area contributed by atoms with Gasteiger partial charge in [-0.3, -0.25) is 9.36 Å². The number of hydrogen-bond acceptors (Lipinski definition) is 3. The van der Waals surface area contributed by atoms with Crippen molar-refractivity contribution in [1.29, 1.82) is 0 Å². The SMILES string of the molecule is CC(CC(=O)NCc1nccn1C(F)F)C1CCCNC1. The zero-order valence-corrected chi connectivity index (χ0v) is 12.2. The summed E-state index contributed by atoms with van der Waals surface area (Å²) >= 11 is 0. The number of rotatable bonds is 6. The normalized spacial score (nSPS) is 20.5. The van der Waals surface area contributed by atoms with E-state index in [4.69, 9.17) is 0 Å². The van der Waals surface area contributed by atoms with Crippen LogP contribution in [0.1, 0.15) is 38.6 Å². The molecule has 2 rings (SSSR count). The van der Waals surface area contributed by atoms with Gasteiger partial charge in [0.15, 0.2) is 0 Å². The number of alkyl halides is 2. The highest BCUT2D eigenvalue weighted by Gasteiger charge is 2.22. The van der Waals surface area contributed by atoms with Crippen LogP contribution in [0.5, 0.6) is 0 Å². The van der Waals surface area contributed by atoms with Gasteiger partial charge in [-0.2, -0.15) is 8.78 Å². The molecule has 2 atom stereocenters. The van der Waals surface area contributed by atoms with Gasteiger partial charge in [0.2, 0.25) is 5.91 Å². The third kappa shape index (κ3) is 4.49. The number of aromatic nitrogens is 2. The van der Waals surface area contributed by atoms with Gasteiger partial charge < -0.3 is 10.6 Å². The van der Waals surface area contributed by atoms with E-state index in [1.165, 1.54) is 12.4 Å². The van der Waals surface area contributed by atoms with Crippen molar-refractivity contribution < 1.29 is 13.6 Å². The van der Waals surface area contributed by atoms with Crippen LogP contribution >= 0.6 is 0 Å². The van der Waals surface area contributed by atoms with Crippen molar-refractivity contribution >= 4 is 5.91 Å². The first-order chi connectivity index (χ1) is 10.1. The highest BCUT2D eigenvalue weighted by molar-refractivity contribution is 5.76. The minimum absolute atomic E-state index is 0.0335. The van der Waals surface area contributed by atoms with Crippen LogP contribution in [0.3, 0.4) is 0 Å².